The highest BCUT2D eigenvalue weighted by Gasteiger charge is 2.20. The number of hydrogen-bond acceptors (Lipinski definition) is 3. The molecule has 26 heavy (non-hydrogen) atoms. The topological polar surface area (TPSA) is 42.9 Å². The summed E-state index contributed by atoms with van der Waals surface area (Å²) in [5, 5.41) is 7.02. The minimum atomic E-state index is 0. The van der Waals surface area contributed by atoms with Crippen LogP contribution in [-0.4, -0.2) is 74.2 Å². The van der Waals surface area contributed by atoms with E-state index < -0.39 is 0 Å². The molecule has 5 nitrogen and oxygen atoms in total. The fourth-order valence-electron chi connectivity index (χ4n) is 3.88. The summed E-state index contributed by atoms with van der Waals surface area (Å²) in [6.07, 6.45) is 2.65. The molecule has 1 rings (SSSR count). The first-order valence-electron chi connectivity index (χ1n) is 10.3. The molecule has 1 aliphatic rings. The number of nitrogens with one attached hydrogen (secondary N) is 2. The van der Waals surface area contributed by atoms with Gasteiger partial charge < -0.3 is 15.5 Å². The number of aliphatic imine (C=N–C) groups is 1. The van der Waals surface area contributed by atoms with Crippen LogP contribution in [0.15, 0.2) is 4.99 Å². The Balaban J connectivity index is 0.00000625. The van der Waals surface area contributed by atoms with Crippen LogP contribution in [0.5, 0.6) is 0 Å². The smallest absolute Gasteiger partial charge is 0.191 e. The van der Waals surface area contributed by atoms with E-state index in [2.05, 4.69) is 67.0 Å². The van der Waals surface area contributed by atoms with E-state index in [0.29, 0.717) is 12.1 Å². The van der Waals surface area contributed by atoms with Gasteiger partial charge in [0.1, 0.15) is 0 Å². The number of rotatable bonds is 9. The maximum atomic E-state index is 4.39. The van der Waals surface area contributed by atoms with Crippen LogP contribution < -0.4 is 10.6 Å². The molecule has 2 N–H and O–H groups in total. The van der Waals surface area contributed by atoms with Gasteiger partial charge in [-0.15, -0.1) is 24.0 Å². The number of guanidine groups is 1. The summed E-state index contributed by atoms with van der Waals surface area (Å²) in [6, 6.07) is 1.15. The van der Waals surface area contributed by atoms with Crippen molar-refractivity contribution in [3.8, 4) is 0 Å². The molecule has 0 aromatic heterocycles. The van der Waals surface area contributed by atoms with E-state index in [9.17, 15) is 0 Å². The van der Waals surface area contributed by atoms with Gasteiger partial charge in [0.05, 0.1) is 0 Å². The molecule has 1 unspecified atom stereocenters. The highest BCUT2D eigenvalue weighted by atomic mass is 127. The van der Waals surface area contributed by atoms with Crippen molar-refractivity contribution >= 4 is 29.9 Å². The highest BCUT2D eigenvalue weighted by molar-refractivity contribution is 14.0. The molecule has 1 fully saturated rings. The first kappa shape index (κ1) is 25.9. The summed E-state index contributed by atoms with van der Waals surface area (Å²) in [6.45, 7) is 20.4. The Labute approximate surface area is 179 Å². The molecule has 156 valence electrons. The number of piperidine rings is 1. The Morgan fingerprint density at radius 1 is 1.12 bits per heavy atom. The summed E-state index contributed by atoms with van der Waals surface area (Å²) in [7, 11) is 1.87. The lowest BCUT2D eigenvalue weighted by Gasteiger charge is -2.34. The molecular weight excluding hydrogens is 437 g/mol. The van der Waals surface area contributed by atoms with E-state index in [0.717, 1.165) is 37.4 Å². The van der Waals surface area contributed by atoms with Gasteiger partial charge in [-0.2, -0.15) is 0 Å². The third kappa shape index (κ3) is 10.3. The maximum absolute atomic E-state index is 4.39. The van der Waals surface area contributed by atoms with Crippen LogP contribution in [0.4, 0.5) is 0 Å². The van der Waals surface area contributed by atoms with Gasteiger partial charge in [0, 0.05) is 51.9 Å². The SMILES string of the molecule is CN=C(NCCN(C(C)C)C(C)C)NCC1CCCN(CC(C)C)C1.I. The summed E-state index contributed by atoms with van der Waals surface area (Å²) in [4.78, 5) is 9.52. The van der Waals surface area contributed by atoms with Crippen LogP contribution in [0.2, 0.25) is 0 Å². The van der Waals surface area contributed by atoms with Gasteiger partial charge >= 0.3 is 0 Å². The molecular formula is C20H44IN5. The molecule has 1 saturated heterocycles. The van der Waals surface area contributed by atoms with E-state index in [-0.39, 0.29) is 24.0 Å². The average molecular weight is 482 g/mol. The van der Waals surface area contributed by atoms with E-state index in [1.165, 1.54) is 32.5 Å². The molecule has 0 radical (unpaired) electrons. The molecule has 1 atom stereocenters. The zero-order valence-electron chi connectivity index (χ0n) is 18.2. The zero-order chi connectivity index (χ0) is 18.8. The van der Waals surface area contributed by atoms with Crippen molar-refractivity contribution < 1.29 is 0 Å². The third-order valence-electron chi connectivity index (χ3n) is 5.00. The van der Waals surface area contributed by atoms with E-state index in [4.69, 9.17) is 0 Å². The number of likely N-dealkylation sites (tertiary alicyclic amines) is 1. The highest BCUT2D eigenvalue weighted by Crippen LogP contribution is 2.16. The Morgan fingerprint density at radius 3 is 2.31 bits per heavy atom. The van der Waals surface area contributed by atoms with Crippen molar-refractivity contribution in [2.75, 3.05) is 46.3 Å². The zero-order valence-corrected chi connectivity index (χ0v) is 20.5. The average Bonchev–Trinajstić information content (AvgIpc) is 2.53. The van der Waals surface area contributed by atoms with Crippen LogP contribution in [0.3, 0.4) is 0 Å². The van der Waals surface area contributed by atoms with Crippen molar-refractivity contribution in [3.05, 3.63) is 0 Å². The van der Waals surface area contributed by atoms with E-state index in [1.807, 2.05) is 7.05 Å². The predicted molar refractivity (Wildman–Crippen MR) is 126 cm³/mol. The lowest BCUT2D eigenvalue weighted by Crippen LogP contribution is -2.47. The molecule has 0 saturated carbocycles. The Morgan fingerprint density at radius 2 is 1.77 bits per heavy atom. The first-order chi connectivity index (χ1) is 11.8. The molecule has 0 amide bonds. The van der Waals surface area contributed by atoms with E-state index in [1.54, 1.807) is 0 Å². The Bertz CT molecular complexity index is 376. The van der Waals surface area contributed by atoms with Crippen LogP contribution in [0.1, 0.15) is 54.4 Å². The fraction of sp³-hybridized carbons (Fsp3) is 0.950. The van der Waals surface area contributed by atoms with Gasteiger partial charge in [-0.25, -0.2) is 0 Å². The third-order valence-corrected chi connectivity index (χ3v) is 5.00. The van der Waals surface area contributed by atoms with Gasteiger partial charge in [0.2, 0.25) is 0 Å². The number of hydrogen-bond donors (Lipinski definition) is 2. The number of halogens is 1. The van der Waals surface area contributed by atoms with Crippen LogP contribution in [-0.2, 0) is 0 Å². The summed E-state index contributed by atoms with van der Waals surface area (Å²) in [5.41, 5.74) is 0. The lowest BCUT2D eigenvalue weighted by molar-refractivity contribution is 0.159. The Hall–Kier alpha value is -0.0800. The quantitative estimate of drug-likeness (QED) is 0.302. The van der Waals surface area contributed by atoms with Crippen LogP contribution in [0.25, 0.3) is 0 Å². The minimum absolute atomic E-state index is 0. The summed E-state index contributed by atoms with van der Waals surface area (Å²) in [5.74, 6) is 2.42. The monoisotopic (exact) mass is 481 g/mol. The fourth-order valence-corrected chi connectivity index (χ4v) is 3.88. The largest absolute Gasteiger partial charge is 0.356 e. The van der Waals surface area contributed by atoms with Gasteiger partial charge in [-0.1, -0.05) is 13.8 Å². The molecule has 0 aliphatic carbocycles. The Kier molecular flexibility index (Phi) is 14.0. The molecule has 0 aromatic carbocycles. The standard InChI is InChI=1S/C20H43N5.HI/c1-16(2)14-24-11-8-9-19(15-24)13-23-20(21-7)22-10-12-25(17(3)4)18(5)6;/h16-19H,8-15H2,1-7H3,(H2,21,22,23);1H. The second-order valence-electron chi connectivity index (χ2n) is 8.47. The second kappa shape index (κ2) is 14.0. The van der Waals surface area contributed by atoms with Gasteiger partial charge in [-0.3, -0.25) is 9.89 Å². The molecule has 6 heteroatoms. The first-order valence-corrected chi connectivity index (χ1v) is 10.3. The van der Waals surface area contributed by atoms with Crippen molar-refractivity contribution in [1.29, 1.82) is 0 Å². The van der Waals surface area contributed by atoms with Gasteiger partial charge in [-0.05, 0) is 58.9 Å². The van der Waals surface area contributed by atoms with E-state index >= 15 is 0 Å². The van der Waals surface area contributed by atoms with Crippen molar-refractivity contribution in [3.63, 3.8) is 0 Å². The van der Waals surface area contributed by atoms with Crippen LogP contribution in [0, 0.1) is 11.8 Å². The lowest BCUT2D eigenvalue weighted by atomic mass is 9.97. The van der Waals surface area contributed by atoms with Crippen molar-refractivity contribution in [2.45, 2.75) is 66.5 Å². The molecule has 0 aromatic rings. The van der Waals surface area contributed by atoms with Gasteiger partial charge in [0.25, 0.3) is 0 Å². The predicted octanol–water partition coefficient (Wildman–Crippen LogP) is 3.26. The van der Waals surface area contributed by atoms with Crippen molar-refractivity contribution in [1.82, 2.24) is 20.4 Å². The van der Waals surface area contributed by atoms with Gasteiger partial charge in [0.15, 0.2) is 5.96 Å². The summed E-state index contributed by atoms with van der Waals surface area (Å²) < 4.78 is 0. The summed E-state index contributed by atoms with van der Waals surface area (Å²) >= 11 is 0. The molecule has 1 aliphatic heterocycles. The van der Waals surface area contributed by atoms with Crippen molar-refractivity contribution in [2.24, 2.45) is 16.8 Å². The second-order valence-corrected chi connectivity index (χ2v) is 8.47. The maximum Gasteiger partial charge on any atom is 0.191 e. The normalized spacial score (nSPS) is 19.3. The number of nitrogens with zero attached hydrogens (tertiary/aromatic N) is 3. The molecule has 1 heterocycles. The molecule has 0 spiro atoms. The van der Waals surface area contributed by atoms with Crippen LogP contribution >= 0.6 is 24.0 Å². The minimum Gasteiger partial charge on any atom is -0.356 e. The molecule has 0 bridgehead atoms.